The van der Waals surface area contributed by atoms with E-state index >= 15 is 0 Å². The van der Waals surface area contributed by atoms with E-state index in [0.29, 0.717) is 0 Å². The molecule has 3 heterocycles. The molecule has 0 spiro atoms. The summed E-state index contributed by atoms with van der Waals surface area (Å²) in [6, 6.07) is 9.55. The molecule has 0 saturated heterocycles. The smallest absolute Gasteiger partial charge is 0.283 e. The molecule has 1 aromatic heterocycles. The van der Waals surface area contributed by atoms with Gasteiger partial charge in [0.25, 0.3) is 5.91 Å². The number of amides is 1. The maximum Gasteiger partial charge on any atom is 0.283 e. The molecule has 2 aromatic rings. The van der Waals surface area contributed by atoms with Crippen LogP contribution in [0, 0.1) is 25.2 Å². The highest BCUT2D eigenvalue weighted by molar-refractivity contribution is 8.42. The van der Waals surface area contributed by atoms with Crippen molar-refractivity contribution in [2.24, 2.45) is 16.0 Å². The number of aryl methyl sites for hydroxylation is 1. The van der Waals surface area contributed by atoms with Gasteiger partial charge in [-0.1, -0.05) is 19.9 Å². The zero-order valence-electron chi connectivity index (χ0n) is 19.5. The van der Waals surface area contributed by atoms with Gasteiger partial charge in [-0.3, -0.25) is 10.2 Å². The van der Waals surface area contributed by atoms with E-state index in [1.54, 1.807) is 27.0 Å². The van der Waals surface area contributed by atoms with Crippen molar-refractivity contribution >= 4 is 49.0 Å². The molecule has 2 aliphatic rings. The summed E-state index contributed by atoms with van der Waals surface area (Å²) in [4.78, 5) is 16.8. The molecule has 1 amide bonds. The van der Waals surface area contributed by atoms with Gasteiger partial charge in [0.05, 0.1) is 18.4 Å². The van der Waals surface area contributed by atoms with Crippen LogP contribution in [0.5, 0.6) is 5.75 Å². The quantitative estimate of drug-likeness (QED) is 0.626. The average molecular weight is 500 g/mol. The number of hydrogen-bond acceptors (Lipinski definition) is 7. The first-order chi connectivity index (χ1) is 16.0. The van der Waals surface area contributed by atoms with Gasteiger partial charge in [0, 0.05) is 23.1 Å². The van der Waals surface area contributed by atoms with Gasteiger partial charge in [-0.05, 0) is 61.4 Å². The molecule has 0 atom stereocenters. The number of hydrazone groups is 1. The second-order valence-corrected chi connectivity index (χ2v) is 11.6. The first-order valence-electron chi connectivity index (χ1n) is 10.6. The van der Waals surface area contributed by atoms with E-state index in [0.717, 1.165) is 45.2 Å². The summed E-state index contributed by atoms with van der Waals surface area (Å²) in [6.45, 7) is 7.48. The van der Waals surface area contributed by atoms with Crippen LogP contribution in [0.15, 0.2) is 46.0 Å². The van der Waals surface area contributed by atoms with E-state index in [-0.39, 0.29) is 32.6 Å². The minimum absolute atomic E-state index is 0.0431. The molecule has 1 N–H and O–H groups in total. The Morgan fingerprint density at radius 3 is 2.65 bits per heavy atom. The molecule has 11 heteroatoms. The third-order valence-electron chi connectivity index (χ3n) is 5.34. The van der Waals surface area contributed by atoms with Crippen molar-refractivity contribution < 1.29 is 17.9 Å². The number of rotatable bonds is 5. The van der Waals surface area contributed by atoms with Crippen molar-refractivity contribution in [1.82, 2.24) is 9.58 Å². The topological polar surface area (TPSA) is 117 Å². The normalized spacial score (nSPS) is 17.4. The molecule has 34 heavy (non-hydrogen) atoms. The number of benzene rings is 1. The number of nitrogens with one attached hydrogen (secondary N) is 1. The fourth-order valence-electron chi connectivity index (χ4n) is 3.85. The Labute approximate surface area is 202 Å². The Morgan fingerprint density at radius 1 is 1.24 bits per heavy atom. The molecule has 0 unspecified atom stereocenters. The number of fused-ring (bicyclic) bond motifs is 1. The highest BCUT2D eigenvalue weighted by Crippen LogP contribution is 2.32. The Bertz CT molecular complexity index is 1400. The van der Waals surface area contributed by atoms with Gasteiger partial charge in [-0.25, -0.2) is 8.42 Å². The highest BCUT2D eigenvalue weighted by atomic mass is 32.3. The van der Waals surface area contributed by atoms with Crippen molar-refractivity contribution in [3.8, 4) is 11.4 Å². The maximum atomic E-state index is 12.8. The van der Waals surface area contributed by atoms with Gasteiger partial charge in [-0.2, -0.15) is 10.0 Å². The third-order valence-corrected chi connectivity index (χ3v) is 8.77. The van der Waals surface area contributed by atoms with E-state index in [9.17, 15) is 13.2 Å². The van der Waals surface area contributed by atoms with Crippen molar-refractivity contribution in [2.75, 3.05) is 12.9 Å². The lowest BCUT2D eigenvalue weighted by Gasteiger charge is -2.20. The first-order valence-corrected chi connectivity index (χ1v) is 13.0. The van der Waals surface area contributed by atoms with E-state index in [2.05, 4.69) is 10.1 Å². The second-order valence-electron chi connectivity index (χ2n) is 8.42. The minimum atomic E-state index is -3.63. The van der Waals surface area contributed by atoms with Crippen LogP contribution in [0.1, 0.15) is 30.8 Å². The number of thioether (sulfide) groups is 1. The van der Waals surface area contributed by atoms with Gasteiger partial charge < -0.3 is 9.30 Å². The molecule has 9 nitrogen and oxygen atoms in total. The van der Waals surface area contributed by atoms with Gasteiger partial charge in [0.1, 0.15) is 5.75 Å². The number of nitrogens with zero attached hydrogens (tertiary/aromatic N) is 4. The van der Waals surface area contributed by atoms with Crippen LogP contribution in [0.3, 0.4) is 0 Å². The minimum Gasteiger partial charge on any atom is -0.497 e. The lowest BCUT2D eigenvalue weighted by molar-refractivity contribution is -0.114. The van der Waals surface area contributed by atoms with Crippen LogP contribution in [-0.4, -0.2) is 52.1 Å². The fraction of sp³-hybridized carbons (Fsp3) is 0.304. The predicted molar refractivity (Wildman–Crippen MR) is 135 cm³/mol. The van der Waals surface area contributed by atoms with Crippen molar-refractivity contribution in [3.05, 3.63) is 52.9 Å². The number of aromatic nitrogens is 1. The van der Waals surface area contributed by atoms with Crippen molar-refractivity contribution in [2.45, 2.75) is 27.7 Å². The van der Waals surface area contributed by atoms with Gasteiger partial charge in [0.2, 0.25) is 19.4 Å². The van der Waals surface area contributed by atoms with E-state index in [1.165, 1.54) is 0 Å². The van der Waals surface area contributed by atoms with Crippen LogP contribution in [-0.2, 0) is 14.6 Å². The van der Waals surface area contributed by atoms with E-state index in [1.807, 2.05) is 48.7 Å². The number of methoxy groups -OCH3 is 1. The largest absolute Gasteiger partial charge is 0.497 e. The summed E-state index contributed by atoms with van der Waals surface area (Å²) in [5.41, 5.74) is 3.50. The van der Waals surface area contributed by atoms with Gasteiger partial charge >= 0.3 is 0 Å². The molecule has 0 saturated carbocycles. The van der Waals surface area contributed by atoms with Crippen LogP contribution in [0.25, 0.3) is 11.8 Å². The number of aliphatic imine (C=N–C) groups is 1. The molecule has 178 valence electrons. The molecule has 2 aliphatic heterocycles. The van der Waals surface area contributed by atoms with Crippen LogP contribution in [0.2, 0.25) is 0 Å². The third kappa shape index (κ3) is 4.32. The lowest BCUT2D eigenvalue weighted by atomic mass is 10.1. The van der Waals surface area contributed by atoms with Crippen LogP contribution >= 0.6 is 11.8 Å². The Kier molecular flexibility index (Phi) is 6.26. The molecule has 0 aliphatic carbocycles. The average Bonchev–Trinajstić information content (AvgIpc) is 3.31. The maximum absolute atomic E-state index is 12.8. The molecular formula is C23H25N5O4S2. The predicted octanol–water partition coefficient (Wildman–Crippen LogP) is 3.75. The van der Waals surface area contributed by atoms with E-state index in [4.69, 9.17) is 10.1 Å². The molecular weight excluding hydrogens is 474 g/mol. The van der Waals surface area contributed by atoms with Crippen molar-refractivity contribution in [3.63, 3.8) is 0 Å². The number of ether oxygens (including phenoxy) is 1. The summed E-state index contributed by atoms with van der Waals surface area (Å²) in [5, 5.41) is 13.9. The Balaban J connectivity index is 1.71. The standard InChI is InChI=1S/C23H25N5O4S2/c1-13(2)12-34(30,31)23-26-28-20(24)19(21(29)25-22(28)33-23)10-16-9-14(3)27(15(16)4)17-7-6-8-18(11-17)32-5/h6-11,13,24H,12H2,1-5H3/b19-10-,24-20?. The van der Waals surface area contributed by atoms with Crippen LogP contribution < -0.4 is 4.74 Å². The number of hydrogen-bond donors (Lipinski definition) is 1. The highest BCUT2D eigenvalue weighted by Gasteiger charge is 2.40. The molecule has 1 aromatic carbocycles. The number of sulfone groups is 1. The van der Waals surface area contributed by atoms with Gasteiger partial charge in [0.15, 0.2) is 5.84 Å². The summed E-state index contributed by atoms with van der Waals surface area (Å²) in [6.07, 6.45) is 1.60. The Morgan fingerprint density at radius 2 is 1.97 bits per heavy atom. The van der Waals surface area contributed by atoms with Gasteiger partial charge in [-0.15, -0.1) is 5.10 Å². The summed E-state index contributed by atoms with van der Waals surface area (Å²) >= 11 is 0.803. The summed E-state index contributed by atoms with van der Waals surface area (Å²) in [7, 11) is -2.02. The number of carbonyl (C=O) groups excluding carboxylic acids is 1. The SMILES string of the molecule is COc1cccc(-n2c(C)cc(/C=C3/C(=N)N4N=C(S(=O)(=O)CC(C)C)SC4=NC3=O)c2C)c1. The van der Waals surface area contributed by atoms with Crippen molar-refractivity contribution in [1.29, 1.82) is 5.41 Å². The lowest BCUT2D eigenvalue weighted by Crippen LogP contribution is -2.35. The zero-order valence-corrected chi connectivity index (χ0v) is 21.1. The zero-order chi connectivity index (χ0) is 24.8. The molecule has 0 radical (unpaired) electrons. The Hall–Kier alpha value is -3.18. The fourth-order valence-corrected chi connectivity index (χ4v) is 6.63. The molecule has 0 bridgehead atoms. The monoisotopic (exact) mass is 499 g/mol. The first kappa shape index (κ1) is 24.0. The summed E-state index contributed by atoms with van der Waals surface area (Å²) < 4.78 is 32.4. The number of carbonyl (C=O) groups is 1. The van der Waals surface area contributed by atoms with E-state index < -0.39 is 15.7 Å². The second kappa shape index (κ2) is 8.88. The molecule has 4 rings (SSSR count). The summed E-state index contributed by atoms with van der Waals surface area (Å²) in [5.74, 6) is -0.232. The molecule has 0 fully saturated rings. The number of amidine groups is 2. The van der Waals surface area contributed by atoms with Crippen LogP contribution in [0.4, 0.5) is 0 Å².